The molecule has 6 nitrogen and oxygen atoms in total. The lowest BCUT2D eigenvalue weighted by atomic mass is 10.1. The SMILES string of the molecule is CN=C(NCCCNC(=O)c1occc1C)NCc1ccc(F)c(C)c1. The number of guanidine groups is 1. The molecule has 0 bridgehead atoms. The Morgan fingerprint density at radius 2 is 1.88 bits per heavy atom. The van der Waals surface area contributed by atoms with Crippen LogP contribution in [0.3, 0.4) is 0 Å². The third-order valence-electron chi connectivity index (χ3n) is 3.91. The standard InChI is InChI=1S/C19H25FN4O2/c1-13-7-10-26-17(13)18(25)22-8-4-9-23-19(21-3)24-12-15-5-6-16(20)14(2)11-15/h5-7,10-11H,4,8-9,12H2,1-3H3,(H,22,25)(H2,21,23,24). The van der Waals surface area contributed by atoms with Crippen LogP contribution in [-0.4, -0.2) is 32.0 Å². The van der Waals surface area contributed by atoms with Crippen LogP contribution in [0.2, 0.25) is 0 Å². The molecule has 1 aromatic carbocycles. The second-order valence-corrected chi connectivity index (χ2v) is 5.98. The van der Waals surface area contributed by atoms with Gasteiger partial charge in [0.05, 0.1) is 6.26 Å². The van der Waals surface area contributed by atoms with Gasteiger partial charge in [0.1, 0.15) is 5.82 Å². The van der Waals surface area contributed by atoms with Gasteiger partial charge in [0, 0.05) is 32.2 Å². The Bertz CT molecular complexity index is 771. The van der Waals surface area contributed by atoms with Gasteiger partial charge in [-0.1, -0.05) is 12.1 Å². The van der Waals surface area contributed by atoms with Crippen LogP contribution in [0.5, 0.6) is 0 Å². The van der Waals surface area contributed by atoms with E-state index in [0.717, 1.165) is 17.5 Å². The summed E-state index contributed by atoms with van der Waals surface area (Å²) in [6.07, 6.45) is 2.24. The number of carbonyl (C=O) groups is 1. The van der Waals surface area contributed by atoms with Gasteiger partial charge in [0.2, 0.25) is 0 Å². The van der Waals surface area contributed by atoms with E-state index in [1.165, 1.54) is 12.3 Å². The van der Waals surface area contributed by atoms with E-state index in [1.54, 1.807) is 26.1 Å². The van der Waals surface area contributed by atoms with Crippen molar-refractivity contribution in [2.75, 3.05) is 20.1 Å². The van der Waals surface area contributed by atoms with E-state index in [1.807, 2.05) is 13.0 Å². The first-order chi connectivity index (χ1) is 12.5. The Labute approximate surface area is 152 Å². The quantitative estimate of drug-likeness (QED) is 0.403. The molecule has 7 heteroatoms. The van der Waals surface area contributed by atoms with Gasteiger partial charge in [-0.2, -0.15) is 0 Å². The highest BCUT2D eigenvalue weighted by atomic mass is 19.1. The van der Waals surface area contributed by atoms with E-state index in [-0.39, 0.29) is 11.7 Å². The Morgan fingerprint density at radius 1 is 1.12 bits per heavy atom. The van der Waals surface area contributed by atoms with E-state index >= 15 is 0 Å². The first-order valence-electron chi connectivity index (χ1n) is 8.53. The molecule has 0 radical (unpaired) electrons. The van der Waals surface area contributed by atoms with Crippen LogP contribution in [0.1, 0.15) is 33.7 Å². The number of halogens is 1. The number of nitrogens with one attached hydrogen (secondary N) is 3. The summed E-state index contributed by atoms with van der Waals surface area (Å²) in [5, 5.41) is 9.17. The van der Waals surface area contributed by atoms with Crippen molar-refractivity contribution in [3.8, 4) is 0 Å². The van der Waals surface area contributed by atoms with Crippen LogP contribution in [0.15, 0.2) is 39.9 Å². The molecule has 2 aromatic rings. The van der Waals surface area contributed by atoms with Crippen LogP contribution >= 0.6 is 0 Å². The number of hydrogen-bond donors (Lipinski definition) is 3. The molecule has 2 rings (SSSR count). The smallest absolute Gasteiger partial charge is 0.287 e. The number of furan rings is 1. The number of aliphatic imine (C=N–C) groups is 1. The maximum absolute atomic E-state index is 13.3. The summed E-state index contributed by atoms with van der Waals surface area (Å²) in [4.78, 5) is 16.0. The first-order valence-corrected chi connectivity index (χ1v) is 8.53. The van der Waals surface area contributed by atoms with Crippen LogP contribution in [0, 0.1) is 19.7 Å². The topological polar surface area (TPSA) is 78.7 Å². The summed E-state index contributed by atoms with van der Waals surface area (Å²) in [7, 11) is 1.69. The molecule has 26 heavy (non-hydrogen) atoms. The monoisotopic (exact) mass is 360 g/mol. The number of aryl methyl sites for hydroxylation is 2. The molecule has 0 saturated heterocycles. The van der Waals surface area contributed by atoms with Crippen LogP contribution in [0.25, 0.3) is 0 Å². The van der Waals surface area contributed by atoms with Gasteiger partial charge in [-0.05, 0) is 43.5 Å². The molecular formula is C19H25FN4O2. The molecule has 0 spiro atoms. The highest BCUT2D eigenvalue weighted by Gasteiger charge is 2.11. The predicted octanol–water partition coefficient (Wildman–Crippen LogP) is 2.52. The van der Waals surface area contributed by atoms with Crippen molar-refractivity contribution in [3.05, 3.63) is 58.8 Å². The Kier molecular flexibility index (Phi) is 7.20. The molecule has 0 aliphatic rings. The summed E-state index contributed by atoms with van der Waals surface area (Å²) in [6.45, 7) is 5.30. The van der Waals surface area contributed by atoms with Crippen molar-refractivity contribution in [2.45, 2.75) is 26.8 Å². The zero-order valence-electron chi connectivity index (χ0n) is 15.4. The second kappa shape index (κ2) is 9.60. The zero-order chi connectivity index (χ0) is 18.9. The van der Waals surface area contributed by atoms with Gasteiger partial charge in [0.25, 0.3) is 5.91 Å². The summed E-state index contributed by atoms with van der Waals surface area (Å²) in [6, 6.07) is 6.78. The summed E-state index contributed by atoms with van der Waals surface area (Å²) >= 11 is 0. The molecule has 1 aromatic heterocycles. The van der Waals surface area contributed by atoms with Crippen LogP contribution < -0.4 is 16.0 Å². The lowest BCUT2D eigenvalue weighted by Gasteiger charge is -2.12. The maximum Gasteiger partial charge on any atom is 0.287 e. The predicted molar refractivity (Wildman–Crippen MR) is 99.7 cm³/mol. The second-order valence-electron chi connectivity index (χ2n) is 5.98. The number of nitrogens with zero attached hydrogens (tertiary/aromatic N) is 1. The lowest BCUT2D eigenvalue weighted by molar-refractivity contribution is 0.0925. The van der Waals surface area contributed by atoms with E-state index < -0.39 is 0 Å². The highest BCUT2D eigenvalue weighted by molar-refractivity contribution is 5.92. The Hall–Kier alpha value is -2.83. The molecule has 0 fully saturated rings. The first kappa shape index (κ1) is 19.5. The fraction of sp³-hybridized carbons (Fsp3) is 0.368. The highest BCUT2D eigenvalue weighted by Crippen LogP contribution is 2.09. The van der Waals surface area contributed by atoms with Gasteiger partial charge >= 0.3 is 0 Å². The van der Waals surface area contributed by atoms with Gasteiger partial charge in [-0.3, -0.25) is 9.79 Å². The number of amides is 1. The molecule has 1 heterocycles. The average molecular weight is 360 g/mol. The lowest BCUT2D eigenvalue weighted by Crippen LogP contribution is -2.38. The fourth-order valence-corrected chi connectivity index (χ4v) is 2.41. The van der Waals surface area contributed by atoms with E-state index in [9.17, 15) is 9.18 Å². The minimum Gasteiger partial charge on any atom is -0.459 e. The van der Waals surface area contributed by atoms with E-state index in [2.05, 4.69) is 20.9 Å². The Morgan fingerprint density at radius 3 is 2.54 bits per heavy atom. The number of hydrogen-bond acceptors (Lipinski definition) is 3. The van der Waals surface area contributed by atoms with Crippen molar-refractivity contribution in [3.63, 3.8) is 0 Å². The van der Waals surface area contributed by atoms with Crippen LogP contribution in [-0.2, 0) is 6.54 Å². The normalized spacial score (nSPS) is 11.3. The van der Waals surface area contributed by atoms with Gasteiger partial charge < -0.3 is 20.4 Å². The molecule has 0 saturated carbocycles. The summed E-state index contributed by atoms with van der Waals surface area (Å²) < 4.78 is 18.4. The Balaban J connectivity index is 1.66. The van der Waals surface area contributed by atoms with E-state index in [4.69, 9.17) is 4.42 Å². The summed E-state index contributed by atoms with van der Waals surface area (Å²) in [5.41, 5.74) is 2.42. The minimum atomic E-state index is -0.207. The number of rotatable bonds is 7. The minimum absolute atomic E-state index is 0.206. The molecule has 1 amide bonds. The van der Waals surface area contributed by atoms with Crippen molar-refractivity contribution >= 4 is 11.9 Å². The van der Waals surface area contributed by atoms with Crippen molar-refractivity contribution in [2.24, 2.45) is 4.99 Å². The molecule has 140 valence electrons. The van der Waals surface area contributed by atoms with Crippen LogP contribution in [0.4, 0.5) is 4.39 Å². The fourth-order valence-electron chi connectivity index (χ4n) is 2.41. The molecule has 0 atom stereocenters. The van der Waals surface area contributed by atoms with Crippen molar-refractivity contribution < 1.29 is 13.6 Å². The third kappa shape index (κ3) is 5.61. The van der Waals surface area contributed by atoms with Gasteiger partial charge in [-0.25, -0.2) is 4.39 Å². The largest absolute Gasteiger partial charge is 0.459 e. The molecule has 0 unspecified atom stereocenters. The van der Waals surface area contributed by atoms with Gasteiger partial charge in [0.15, 0.2) is 11.7 Å². The average Bonchev–Trinajstić information content (AvgIpc) is 3.06. The third-order valence-corrected chi connectivity index (χ3v) is 3.91. The maximum atomic E-state index is 13.3. The van der Waals surface area contributed by atoms with Crippen molar-refractivity contribution in [1.82, 2.24) is 16.0 Å². The van der Waals surface area contributed by atoms with Crippen molar-refractivity contribution in [1.29, 1.82) is 0 Å². The number of benzene rings is 1. The molecule has 3 N–H and O–H groups in total. The van der Waals surface area contributed by atoms with Gasteiger partial charge in [-0.15, -0.1) is 0 Å². The molecular weight excluding hydrogens is 335 g/mol. The number of carbonyl (C=O) groups excluding carboxylic acids is 1. The zero-order valence-corrected chi connectivity index (χ0v) is 15.4. The summed E-state index contributed by atoms with van der Waals surface area (Å²) in [5.74, 6) is 0.593. The van der Waals surface area contributed by atoms with E-state index in [0.29, 0.717) is 36.9 Å². The molecule has 0 aliphatic carbocycles. The molecule has 0 aliphatic heterocycles.